The molecule has 20 heavy (non-hydrogen) atoms. The van der Waals surface area contributed by atoms with Crippen molar-refractivity contribution >= 4 is 29.3 Å². The largest absolute Gasteiger partial charge is 0.492 e. The molecule has 1 heterocycles. The van der Waals surface area contributed by atoms with Crippen LogP contribution in [0.1, 0.15) is 10.4 Å². The Labute approximate surface area is 125 Å². The minimum absolute atomic E-state index is 0.161. The molecule has 0 fully saturated rings. The molecule has 0 atom stereocenters. The van der Waals surface area contributed by atoms with Crippen LogP contribution in [0.5, 0.6) is 5.75 Å². The van der Waals surface area contributed by atoms with Gasteiger partial charge in [0.25, 0.3) is 0 Å². The van der Waals surface area contributed by atoms with Crippen LogP contribution in [0.15, 0.2) is 47.6 Å². The summed E-state index contributed by atoms with van der Waals surface area (Å²) in [5.41, 5.74) is 0.161. The normalized spacial score (nSPS) is 10.2. The summed E-state index contributed by atoms with van der Waals surface area (Å²) in [7, 11) is 0. The Morgan fingerprint density at radius 2 is 2.10 bits per heavy atom. The molecule has 0 bridgehead atoms. The third-order valence-electron chi connectivity index (χ3n) is 2.42. The van der Waals surface area contributed by atoms with Gasteiger partial charge in [-0.15, -0.1) is 11.8 Å². The van der Waals surface area contributed by atoms with Crippen molar-refractivity contribution in [2.75, 3.05) is 12.4 Å². The van der Waals surface area contributed by atoms with E-state index in [2.05, 4.69) is 4.98 Å². The maximum Gasteiger partial charge on any atom is 0.339 e. The lowest BCUT2D eigenvalue weighted by Crippen LogP contribution is -2.05. The zero-order chi connectivity index (χ0) is 14.4. The number of carboxylic acids is 1. The average molecular weight is 310 g/mol. The number of aromatic nitrogens is 1. The van der Waals surface area contributed by atoms with Gasteiger partial charge in [-0.3, -0.25) is 0 Å². The number of benzene rings is 1. The highest BCUT2D eigenvalue weighted by Crippen LogP contribution is 2.24. The Morgan fingerprint density at radius 1 is 1.30 bits per heavy atom. The molecule has 104 valence electrons. The van der Waals surface area contributed by atoms with Gasteiger partial charge >= 0.3 is 5.97 Å². The number of halogens is 1. The summed E-state index contributed by atoms with van der Waals surface area (Å²) in [5.74, 6) is -0.00115. The Morgan fingerprint density at radius 3 is 2.85 bits per heavy atom. The molecule has 2 aromatic rings. The molecule has 0 aliphatic carbocycles. The van der Waals surface area contributed by atoms with Crippen LogP contribution in [-0.4, -0.2) is 28.4 Å². The molecule has 1 aromatic heterocycles. The van der Waals surface area contributed by atoms with Crippen LogP contribution in [0, 0.1) is 0 Å². The fourth-order valence-corrected chi connectivity index (χ4v) is 2.52. The van der Waals surface area contributed by atoms with Crippen LogP contribution in [0.3, 0.4) is 0 Å². The quantitative estimate of drug-likeness (QED) is 0.652. The zero-order valence-electron chi connectivity index (χ0n) is 10.5. The summed E-state index contributed by atoms with van der Waals surface area (Å²) in [6.45, 7) is 0.377. The number of hydrogen-bond donors (Lipinski definition) is 1. The van der Waals surface area contributed by atoms with Gasteiger partial charge in [0.05, 0.1) is 11.6 Å². The third-order valence-corrected chi connectivity index (χ3v) is 3.81. The minimum atomic E-state index is -0.999. The summed E-state index contributed by atoms with van der Waals surface area (Å²) < 4.78 is 5.49. The number of para-hydroxylation sites is 1. The second-order valence-corrected chi connectivity index (χ2v) is 5.28. The summed E-state index contributed by atoms with van der Waals surface area (Å²) in [5, 5.41) is 10.4. The van der Waals surface area contributed by atoms with Gasteiger partial charge in [-0.1, -0.05) is 23.7 Å². The predicted octanol–water partition coefficient (Wildman–Crippen LogP) is 3.60. The fourth-order valence-electron chi connectivity index (χ4n) is 1.54. The number of carbonyl (C=O) groups is 1. The molecule has 0 aliphatic rings. The number of carboxylic acid groups (broad SMARTS) is 1. The maximum absolute atomic E-state index is 11.0. The van der Waals surface area contributed by atoms with Gasteiger partial charge in [0.1, 0.15) is 16.3 Å². The van der Waals surface area contributed by atoms with Gasteiger partial charge in [0.15, 0.2) is 0 Å². The Bertz CT molecular complexity index is 606. The molecule has 1 aromatic carbocycles. The van der Waals surface area contributed by atoms with Crippen molar-refractivity contribution in [2.24, 2.45) is 0 Å². The van der Waals surface area contributed by atoms with Crippen molar-refractivity contribution in [3.8, 4) is 5.75 Å². The minimum Gasteiger partial charge on any atom is -0.492 e. The van der Waals surface area contributed by atoms with Crippen molar-refractivity contribution in [2.45, 2.75) is 5.03 Å². The Kier molecular flexibility index (Phi) is 5.26. The lowest BCUT2D eigenvalue weighted by molar-refractivity contribution is 0.0692. The van der Waals surface area contributed by atoms with Gasteiger partial charge in [0, 0.05) is 11.9 Å². The van der Waals surface area contributed by atoms with Gasteiger partial charge in [0.2, 0.25) is 0 Å². The molecule has 0 radical (unpaired) electrons. The molecule has 0 unspecified atom stereocenters. The molecule has 0 amide bonds. The van der Waals surface area contributed by atoms with Crippen LogP contribution >= 0.6 is 23.4 Å². The van der Waals surface area contributed by atoms with Crippen molar-refractivity contribution in [1.82, 2.24) is 4.98 Å². The van der Waals surface area contributed by atoms with Crippen LogP contribution in [0.4, 0.5) is 0 Å². The van der Waals surface area contributed by atoms with E-state index in [0.29, 0.717) is 23.1 Å². The monoisotopic (exact) mass is 309 g/mol. The van der Waals surface area contributed by atoms with E-state index in [1.165, 1.54) is 17.8 Å². The molecular formula is C14H12ClNO3S. The van der Waals surface area contributed by atoms with E-state index < -0.39 is 5.97 Å². The first kappa shape index (κ1) is 14.7. The van der Waals surface area contributed by atoms with Gasteiger partial charge < -0.3 is 9.84 Å². The Hall–Kier alpha value is -1.72. The smallest absolute Gasteiger partial charge is 0.339 e. The molecule has 0 saturated carbocycles. The van der Waals surface area contributed by atoms with E-state index in [-0.39, 0.29) is 5.56 Å². The van der Waals surface area contributed by atoms with E-state index in [0.717, 1.165) is 5.03 Å². The first-order valence-corrected chi connectivity index (χ1v) is 7.23. The lowest BCUT2D eigenvalue weighted by atomic mass is 10.2. The molecule has 1 N–H and O–H groups in total. The van der Waals surface area contributed by atoms with Crippen molar-refractivity contribution in [3.05, 3.63) is 53.2 Å². The number of rotatable bonds is 6. The second-order valence-electron chi connectivity index (χ2n) is 3.79. The fraction of sp³-hybridized carbons (Fsp3) is 0.143. The summed E-state index contributed by atoms with van der Waals surface area (Å²) in [6, 6.07) is 10.1. The molecule has 6 heteroatoms. The molecule has 0 aliphatic heterocycles. The second kappa shape index (κ2) is 7.17. The van der Waals surface area contributed by atoms with E-state index >= 15 is 0 Å². The van der Waals surface area contributed by atoms with E-state index in [4.69, 9.17) is 21.4 Å². The van der Waals surface area contributed by atoms with Crippen molar-refractivity contribution < 1.29 is 14.6 Å². The summed E-state index contributed by atoms with van der Waals surface area (Å²) in [6.07, 6.45) is 1.68. The first-order valence-electron chi connectivity index (χ1n) is 5.87. The van der Waals surface area contributed by atoms with E-state index in [1.807, 2.05) is 0 Å². The van der Waals surface area contributed by atoms with E-state index in [1.54, 1.807) is 36.5 Å². The van der Waals surface area contributed by atoms with Gasteiger partial charge in [-0.2, -0.15) is 0 Å². The number of hydrogen-bond acceptors (Lipinski definition) is 4. The highest BCUT2D eigenvalue weighted by atomic mass is 35.5. The lowest BCUT2D eigenvalue weighted by Gasteiger charge is -2.08. The SMILES string of the molecule is O=C(O)c1ccccc1OCCSc1ncccc1Cl. The molecular weight excluding hydrogens is 298 g/mol. The van der Waals surface area contributed by atoms with E-state index in [9.17, 15) is 4.79 Å². The van der Waals surface area contributed by atoms with Crippen LogP contribution < -0.4 is 4.74 Å². The molecule has 4 nitrogen and oxygen atoms in total. The summed E-state index contributed by atoms with van der Waals surface area (Å²) in [4.78, 5) is 15.2. The van der Waals surface area contributed by atoms with Crippen LogP contribution in [0.25, 0.3) is 0 Å². The highest BCUT2D eigenvalue weighted by molar-refractivity contribution is 7.99. The molecule has 2 rings (SSSR count). The van der Waals surface area contributed by atoms with Crippen LogP contribution in [-0.2, 0) is 0 Å². The summed E-state index contributed by atoms with van der Waals surface area (Å²) >= 11 is 7.45. The average Bonchev–Trinajstić information content (AvgIpc) is 2.45. The first-order chi connectivity index (χ1) is 9.68. The zero-order valence-corrected chi connectivity index (χ0v) is 12.0. The van der Waals surface area contributed by atoms with Crippen molar-refractivity contribution in [1.29, 1.82) is 0 Å². The third kappa shape index (κ3) is 3.88. The van der Waals surface area contributed by atoms with Gasteiger partial charge in [-0.25, -0.2) is 9.78 Å². The van der Waals surface area contributed by atoms with Gasteiger partial charge in [-0.05, 0) is 24.3 Å². The maximum atomic E-state index is 11.0. The number of thioether (sulfide) groups is 1. The number of pyridine rings is 1. The highest BCUT2D eigenvalue weighted by Gasteiger charge is 2.10. The molecule has 0 saturated heterocycles. The standard InChI is InChI=1S/C14H12ClNO3S/c15-11-5-3-7-16-13(11)20-9-8-19-12-6-2-1-4-10(12)14(17)18/h1-7H,8-9H2,(H,17,18). The van der Waals surface area contributed by atoms with Crippen LogP contribution in [0.2, 0.25) is 5.02 Å². The Balaban J connectivity index is 1.88. The topological polar surface area (TPSA) is 59.4 Å². The predicted molar refractivity (Wildman–Crippen MR) is 78.9 cm³/mol. The number of aromatic carboxylic acids is 1. The molecule has 0 spiro atoms. The number of ether oxygens (including phenoxy) is 1. The van der Waals surface area contributed by atoms with Crippen molar-refractivity contribution in [3.63, 3.8) is 0 Å². The number of nitrogens with zero attached hydrogens (tertiary/aromatic N) is 1.